The van der Waals surface area contributed by atoms with E-state index >= 15 is 0 Å². The molecule has 1 N–H and O–H groups in total. The number of carbonyl (C=O) groups is 1. The molecule has 0 aromatic heterocycles. The van der Waals surface area contributed by atoms with Crippen molar-refractivity contribution in [2.75, 3.05) is 20.3 Å². The lowest BCUT2D eigenvalue weighted by Gasteiger charge is -2.09. The third-order valence-electron chi connectivity index (χ3n) is 2.39. The largest absolute Gasteiger partial charge is 0.493 e. The monoisotopic (exact) mass is 315 g/mol. The third kappa shape index (κ3) is 5.06. The average Bonchev–Trinajstić information content (AvgIpc) is 2.38. The van der Waals surface area contributed by atoms with Crippen molar-refractivity contribution < 1.29 is 14.3 Å². The van der Waals surface area contributed by atoms with Crippen molar-refractivity contribution in [1.82, 2.24) is 5.32 Å². The van der Waals surface area contributed by atoms with E-state index in [9.17, 15) is 4.79 Å². The second-order valence-corrected chi connectivity index (χ2v) is 4.56. The van der Waals surface area contributed by atoms with Gasteiger partial charge < -0.3 is 14.8 Å². The highest BCUT2D eigenvalue weighted by molar-refractivity contribution is 9.10. The number of hydrogen-bond acceptors (Lipinski definition) is 4. The summed E-state index contributed by atoms with van der Waals surface area (Å²) >= 11 is 3.49. The zero-order chi connectivity index (χ0) is 13.4. The summed E-state index contributed by atoms with van der Waals surface area (Å²) in [7, 11) is 1.37. The van der Waals surface area contributed by atoms with E-state index in [-0.39, 0.29) is 12.4 Å². The van der Waals surface area contributed by atoms with Crippen molar-refractivity contribution >= 4 is 21.9 Å². The van der Waals surface area contributed by atoms with Gasteiger partial charge in [0.15, 0.2) is 0 Å². The van der Waals surface area contributed by atoms with Gasteiger partial charge in [0.25, 0.3) is 0 Å². The molecule has 0 atom stereocenters. The van der Waals surface area contributed by atoms with E-state index in [0.717, 1.165) is 28.9 Å². The van der Waals surface area contributed by atoms with E-state index in [1.54, 1.807) is 0 Å². The van der Waals surface area contributed by atoms with E-state index in [1.165, 1.54) is 7.11 Å². The smallest absolute Gasteiger partial charge is 0.308 e. The topological polar surface area (TPSA) is 47.6 Å². The highest BCUT2D eigenvalue weighted by Gasteiger charge is 2.04. The first kappa shape index (κ1) is 15.0. The van der Waals surface area contributed by atoms with E-state index < -0.39 is 0 Å². The van der Waals surface area contributed by atoms with Gasteiger partial charge in [0, 0.05) is 11.0 Å². The maximum Gasteiger partial charge on any atom is 0.308 e. The predicted molar refractivity (Wildman–Crippen MR) is 73.7 cm³/mol. The lowest BCUT2D eigenvalue weighted by atomic mass is 10.2. The molecule has 0 heterocycles. The summed E-state index contributed by atoms with van der Waals surface area (Å²) in [6.45, 7) is 4.09. The molecule has 0 unspecified atom stereocenters. The molecular formula is C13H18BrNO3. The van der Waals surface area contributed by atoms with Crippen molar-refractivity contribution in [3.63, 3.8) is 0 Å². The van der Waals surface area contributed by atoms with Gasteiger partial charge in [-0.2, -0.15) is 0 Å². The number of hydrogen-bond donors (Lipinski definition) is 1. The highest BCUT2D eigenvalue weighted by atomic mass is 79.9. The number of nitrogens with one attached hydrogen (secondary N) is 1. The minimum absolute atomic E-state index is 0.259. The second-order valence-electron chi connectivity index (χ2n) is 3.71. The van der Waals surface area contributed by atoms with E-state index in [2.05, 4.69) is 32.9 Å². The summed E-state index contributed by atoms with van der Waals surface area (Å²) in [4.78, 5) is 10.9. The van der Waals surface area contributed by atoms with Gasteiger partial charge in [-0.1, -0.05) is 22.9 Å². The molecule has 1 rings (SSSR count). The molecule has 5 heteroatoms. The van der Waals surface area contributed by atoms with Crippen LogP contribution in [-0.2, 0) is 16.1 Å². The number of carbonyl (C=O) groups excluding carboxylic acids is 1. The minimum atomic E-state index is -0.264. The Kier molecular flexibility index (Phi) is 6.75. The second kappa shape index (κ2) is 8.11. The maximum atomic E-state index is 10.9. The van der Waals surface area contributed by atoms with Crippen LogP contribution >= 0.6 is 15.9 Å². The lowest BCUT2D eigenvalue weighted by Crippen LogP contribution is -2.12. The van der Waals surface area contributed by atoms with Crippen molar-refractivity contribution in [3.8, 4) is 5.75 Å². The molecule has 0 saturated heterocycles. The first-order valence-corrected chi connectivity index (χ1v) is 6.65. The SMILES string of the molecule is CCNCc1cc(OCCC(=O)OC)ccc1Br. The van der Waals surface area contributed by atoms with Crippen LogP contribution in [0.1, 0.15) is 18.9 Å². The number of halogens is 1. The molecule has 0 fully saturated rings. The van der Waals surface area contributed by atoms with E-state index in [0.29, 0.717) is 6.61 Å². The summed E-state index contributed by atoms with van der Waals surface area (Å²) < 4.78 is 11.1. The van der Waals surface area contributed by atoms with Crippen LogP contribution in [0.5, 0.6) is 5.75 Å². The molecular weight excluding hydrogens is 298 g/mol. The first-order valence-electron chi connectivity index (χ1n) is 5.86. The number of rotatable bonds is 7. The fraction of sp³-hybridized carbons (Fsp3) is 0.462. The Balaban J connectivity index is 2.53. The van der Waals surface area contributed by atoms with Crippen molar-refractivity contribution in [2.24, 2.45) is 0 Å². The summed E-state index contributed by atoms with van der Waals surface area (Å²) in [5.41, 5.74) is 1.13. The van der Waals surface area contributed by atoms with Crippen LogP contribution in [0.3, 0.4) is 0 Å². The number of esters is 1. The maximum absolute atomic E-state index is 10.9. The summed E-state index contributed by atoms with van der Waals surface area (Å²) in [6, 6.07) is 5.78. The minimum Gasteiger partial charge on any atom is -0.493 e. The van der Waals surface area contributed by atoms with Crippen LogP contribution < -0.4 is 10.1 Å². The Morgan fingerprint density at radius 1 is 1.44 bits per heavy atom. The molecule has 0 aliphatic carbocycles. The number of benzene rings is 1. The molecule has 100 valence electrons. The van der Waals surface area contributed by atoms with E-state index in [4.69, 9.17) is 4.74 Å². The van der Waals surface area contributed by atoms with Crippen LogP contribution in [0.4, 0.5) is 0 Å². The van der Waals surface area contributed by atoms with Crippen LogP contribution in [0, 0.1) is 0 Å². The van der Waals surface area contributed by atoms with Crippen LogP contribution in [0.25, 0.3) is 0 Å². The molecule has 0 amide bonds. The summed E-state index contributed by atoms with van der Waals surface area (Å²) in [5.74, 6) is 0.495. The van der Waals surface area contributed by atoms with Gasteiger partial charge in [0.1, 0.15) is 5.75 Å². The molecule has 0 aliphatic rings. The predicted octanol–water partition coefficient (Wildman–Crippen LogP) is 2.50. The third-order valence-corrected chi connectivity index (χ3v) is 3.16. The first-order chi connectivity index (χ1) is 8.67. The molecule has 0 radical (unpaired) electrons. The molecule has 1 aromatic carbocycles. The Bertz CT molecular complexity index is 396. The van der Waals surface area contributed by atoms with Crippen molar-refractivity contribution in [1.29, 1.82) is 0 Å². The molecule has 4 nitrogen and oxygen atoms in total. The molecule has 1 aromatic rings. The fourth-order valence-electron chi connectivity index (χ4n) is 1.39. The standard InChI is InChI=1S/C13H18BrNO3/c1-3-15-9-10-8-11(4-5-12(10)14)18-7-6-13(16)17-2/h4-5,8,15H,3,6-7,9H2,1-2H3. The normalized spacial score (nSPS) is 10.2. The van der Waals surface area contributed by atoms with Gasteiger partial charge in [0.05, 0.1) is 20.1 Å². The van der Waals surface area contributed by atoms with E-state index in [1.807, 2.05) is 18.2 Å². The zero-order valence-electron chi connectivity index (χ0n) is 10.7. The Labute approximate surface area is 116 Å². The van der Waals surface area contributed by atoms with Gasteiger partial charge in [-0.3, -0.25) is 4.79 Å². The molecule has 0 aliphatic heterocycles. The van der Waals surface area contributed by atoms with Crippen LogP contribution in [-0.4, -0.2) is 26.2 Å². The summed E-state index contributed by atoms with van der Waals surface area (Å²) in [5, 5.41) is 3.26. The Morgan fingerprint density at radius 2 is 2.22 bits per heavy atom. The van der Waals surface area contributed by atoms with Gasteiger partial charge in [0.2, 0.25) is 0 Å². The average molecular weight is 316 g/mol. The molecule has 0 bridgehead atoms. The van der Waals surface area contributed by atoms with Crippen molar-refractivity contribution in [3.05, 3.63) is 28.2 Å². The summed E-state index contributed by atoms with van der Waals surface area (Å²) in [6.07, 6.45) is 0.259. The Morgan fingerprint density at radius 3 is 2.89 bits per heavy atom. The molecule has 18 heavy (non-hydrogen) atoms. The van der Waals surface area contributed by atoms with Crippen LogP contribution in [0.2, 0.25) is 0 Å². The fourth-order valence-corrected chi connectivity index (χ4v) is 1.78. The molecule has 0 saturated carbocycles. The highest BCUT2D eigenvalue weighted by Crippen LogP contribution is 2.22. The Hall–Kier alpha value is -1.07. The zero-order valence-corrected chi connectivity index (χ0v) is 12.2. The lowest BCUT2D eigenvalue weighted by molar-refractivity contribution is -0.141. The van der Waals surface area contributed by atoms with Gasteiger partial charge >= 0.3 is 5.97 Å². The van der Waals surface area contributed by atoms with Gasteiger partial charge in [-0.25, -0.2) is 0 Å². The van der Waals surface area contributed by atoms with Gasteiger partial charge in [-0.05, 0) is 30.3 Å². The number of methoxy groups -OCH3 is 1. The quantitative estimate of drug-likeness (QED) is 0.785. The van der Waals surface area contributed by atoms with Gasteiger partial charge in [-0.15, -0.1) is 0 Å². The van der Waals surface area contributed by atoms with Crippen LogP contribution in [0.15, 0.2) is 22.7 Å². The number of ether oxygens (including phenoxy) is 2. The molecule has 0 spiro atoms. The van der Waals surface area contributed by atoms with Crippen molar-refractivity contribution in [2.45, 2.75) is 19.9 Å².